The van der Waals surface area contributed by atoms with Crippen LogP contribution in [0, 0.1) is 0 Å². The largest absolute Gasteiger partial charge is 0.443 e. The molecule has 0 saturated carbocycles. The number of ether oxygens (including phenoxy) is 2. The van der Waals surface area contributed by atoms with Gasteiger partial charge in [0.2, 0.25) is 0 Å². The minimum absolute atomic E-state index is 0.256. The average molecular weight is 244 g/mol. The van der Waals surface area contributed by atoms with Crippen LogP contribution >= 0.6 is 0 Å². The van der Waals surface area contributed by atoms with Crippen molar-refractivity contribution >= 4 is 12.4 Å². The third-order valence-electron chi connectivity index (χ3n) is 2.29. The zero-order valence-electron chi connectivity index (χ0n) is 10.9. The molecular formula is C11H20N2O4. The molecule has 0 aromatic rings. The summed E-state index contributed by atoms with van der Waals surface area (Å²) < 4.78 is 10.5. The molecule has 1 rings (SSSR count). The Hall–Kier alpha value is -1.14. The van der Waals surface area contributed by atoms with Gasteiger partial charge in [-0.3, -0.25) is 5.43 Å². The molecule has 1 aliphatic rings. The molecule has 0 aromatic heterocycles. The van der Waals surface area contributed by atoms with Gasteiger partial charge in [-0.05, 0) is 34.6 Å². The molecule has 6 nitrogen and oxygen atoms in total. The number of hydrogen-bond donors (Lipinski definition) is 1. The summed E-state index contributed by atoms with van der Waals surface area (Å²) in [6, 6.07) is -0.488. The first-order chi connectivity index (χ1) is 7.65. The predicted molar refractivity (Wildman–Crippen MR) is 61.1 cm³/mol. The molecule has 0 unspecified atom stereocenters. The number of nitrogens with one attached hydrogen (secondary N) is 1. The third-order valence-corrected chi connectivity index (χ3v) is 2.29. The number of amides is 1. The van der Waals surface area contributed by atoms with Crippen LogP contribution in [0.1, 0.15) is 34.6 Å². The number of carbonyl (C=O) groups excluding carboxylic acids is 2. The number of hydrazine groups is 1. The molecule has 98 valence electrons. The monoisotopic (exact) mass is 244 g/mol. The van der Waals surface area contributed by atoms with Crippen molar-refractivity contribution in [2.45, 2.75) is 52.0 Å². The second-order valence-electron chi connectivity index (χ2n) is 5.44. The quantitative estimate of drug-likeness (QED) is 0.736. The van der Waals surface area contributed by atoms with Crippen molar-refractivity contribution in [3.8, 4) is 0 Å². The van der Waals surface area contributed by atoms with Crippen molar-refractivity contribution < 1.29 is 19.1 Å². The topological polar surface area (TPSA) is 67.9 Å². The molecule has 17 heavy (non-hydrogen) atoms. The highest BCUT2D eigenvalue weighted by molar-refractivity contribution is 5.68. The van der Waals surface area contributed by atoms with Gasteiger partial charge in [0.1, 0.15) is 23.7 Å². The highest BCUT2D eigenvalue weighted by Gasteiger charge is 2.42. The van der Waals surface area contributed by atoms with Gasteiger partial charge in [0, 0.05) is 0 Å². The Balaban J connectivity index is 2.65. The van der Waals surface area contributed by atoms with Gasteiger partial charge in [-0.2, -0.15) is 5.01 Å². The predicted octanol–water partition coefficient (Wildman–Crippen LogP) is 1.06. The fraction of sp³-hybridized carbons (Fsp3) is 0.818. The number of nitrogens with zero attached hydrogens (tertiary/aromatic N) is 1. The van der Waals surface area contributed by atoms with Crippen LogP contribution in [-0.4, -0.2) is 41.4 Å². The fourth-order valence-corrected chi connectivity index (χ4v) is 1.55. The molecule has 1 atom stereocenters. The van der Waals surface area contributed by atoms with E-state index >= 15 is 0 Å². The van der Waals surface area contributed by atoms with Gasteiger partial charge < -0.3 is 14.3 Å². The third kappa shape index (κ3) is 3.67. The van der Waals surface area contributed by atoms with Gasteiger partial charge in [0.15, 0.2) is 0 Å². The summed E-state index contributed by atoms with van der Waals surface area (Å²) in [5.41, 5.74) is 1.24. The molecule has 0 aliphatic carbocycles. The van der Waals surface area contributed by atoms with Gasteiger partial charge in [0.05, 0.1) is 6.61 Å². The van der Waals surface area contributed by atoms with Crippen molar-refractivity contribution in [1.82, 2.24) is 10.4 Å². The Morgan fingerprint density at radius 1 is 1.53 bits per heavy atom. The minimum atomic E-state index is -0.720. The molecule has 0 radical (unpaired) electrons. The molecular weight excluding hydrogens is 224 g/mol. The SMILES string of the molecule is CC(C)(C)OC(=O)NN1[C@H](C=O)COC1(C)C. The highest BCUT2D eigenvalue weighted by Crippen LogP contribution is 2.24. The second kappa shape index (κ2) is 4.62. The number of hydrogen-bond acceptors (Lipinski definition) is 5. The van der Waals surface area contributed by atoms with E-state index in [2.05, 4.69) is 5.43 Å². The first kappa shape index (κ1) is 13.9. The molecule has 1 heterocycles. The smallest absolute Gasteiger partial charge is 0.422 e. The molecule has 0 aromatic carbocycles. The van der Waals surface area contributed by atoms with E-state index in [4.69, 9.17) is 9.47 Å². The van der Waals surface area contributed by atoms with E-state index in [0.29, 0.717) is 0 Å². The molecule has 1 saturated heterocycles. The zero-order chi connectivity index (χ0) is 13.3. The summed E-state index contributed by atoms with van der Waals surface area (Å²) in [5.74, 6) is 0. The summed E-state index contributed by atoms with van der Waals surface area (Å²) in [4.78, 5) is 22.5. The van der Waals surface area contributed by atoms with Crippen LogP contribution in [0.15, 0.2) is 0 Å². The van der Waals surface area contributed by atoms with E-state index in [1.54, 1.807) is 34.6 Å². The van der Waals surface area contributed by atoms with E-state index < -0.39 is 23.5 Å². The number of carbonyl (C=O) groups is 2. The molecule has 1 amide bonds. The lowest BCUT2D eigenvalue weighted by Crippen LogP contribution is -2.55. The van der Waals surface area contributed by atoms with Crippen LogP contribution in [0.5, 0.6) is 0 Å². The second-order valence-corrected chi connectivity index (χ2v) is 5.44. The Labute approximate surface area is 101 Å². The molecule has 1 N–H and O–H groups in total. The standard InChI is InChI=1S/C11H20N2O4/c1-10(2,3)17-9(15)12-13-8(6-14)7-16-11(13,4)5/h6,8H,7H2,1-5H3,(H,12,15)/t8-/m1/s1. The number of aldehydes is 1. The molecule has 0 bridgehead atoms. The van der Waals surface area contributed by atoms with Crippen LogP contribution in [0.4, 0.5) is 4.79 Å². The number of rotatable bonds is 2. The maximum absolute atomic E-state index is 11.6. The molecule has 6 heteroatoms. The lowest BCUT2D eigenvalue weighted by Gasteiger charge is -2.32. The summed E-state index contributed by atoms with van der Waals surface area (Å²) in [7, 11) is 0. The van der Waals surface area contributed by atoms with Gasteiger partial charge in [0.25, 0.3) is 0 Å². The molecule has 1 fully saturated rings. The van der Waals surface area contributed by atoms with E-state index in [0.717, 1.165) is 6.29 Å². The summed E-state index contributed by atoms with van der Waals surface area (Å²) >= 11 is 0. The van der Waals surface area contributed by atoms with Crippen molar-refractivity contribution in [3.05, 3.63) is 0 Å². The van der Waals surface area contributed by atoms with Crippen LogP contribution in [0.2, 0.25) is 0 Å². The normalized spacial score (nSPS) is 24.4. The minimum Gasteiger partial charge on any atom is -0.443 e. The molecule has 0 spiro atoms. The molecule has 1 aliphatic heterocycles. The van der Waals surface area contributed by atoms with Crippen LogP contribution in [0.3, 0.4) is 0 Å². The summed E-state index contributed by atoms with van der Waals surface area (Å²) in [5, 5.41) is 1.47. The Kier molecular flexibility index (Phi) is 3.78. The Morgan fingerprint density at radius 3 is 2.59 bits per heavy atom. The zero-order valence-corrected chi connectivity index (χ0v) is 10.9. The highest BCUT2D eigenvalue weighted by atomic mass is 16.6. The van der Waals surface area contributed by atoms with Crippen LogP contribution < -0.4 is 5.43 Å². The van der Waals surface area contributed by atoms with Gasteiger partial charge in [-0.25, -0.2) is 4.79 Å². The maximum atomic E-state index is 11.6. The summed E-state index contributed by atoms with van der Waals surface area (Å²) in [6.45, 7) is 9.12. The van der Waals surface area contributed by atoms with E-state index in [-0.39, 0.29) is 6.61 Å². The van der Waals surface area contributed by atoms with Crippen molar-refractivity contribution in [2.75, 3.05) is 6.61 Å². The first-order valence-electron chi connectivity index (χ1n) is 5.54. The van der Waals surface area contributed by atoms with E-state index in [1.165, 1.54) is 5.01 Å². The van der Waals surface area contributed by atoms with Crippen LogP contribution in [-0.2, 0) is 14.3 Å². The lowest BCUT2D eigenvalue weighted by atomic mass is 10.2. The van der Waals surface area contributed by atoms with E-state index in [9.17, 15) is 9.59 Å². The van der Waals surface area contributed by atoms with E-state index in [1.807, 2.05) is 0 Å². The van der Waals surface area contributed by atoms with Gasteiger partial charge in [-0.15, -0.1) is 0 Å². The summed E-state index contributed by atoms with van der Waals surface area (Å²) in [6.07, 6.45) is 0.148. The average Bonchev–Trinajstić information content (AvgIpc) is 2.39. The first-order valence-corrected chi connectivity index (χ1v) is 5.54. The van der Waals surface area contributed by atoms with Gasteiger partial charge in [-0.1, -0.05) is 0 Å². The lowest BCUT2D eigenvalue weighted by molar-refractivity contribution is -0.116. The fourth-order valence-electron chi connectivity index (χ4n) is 1.55. The van der Waals surface area contributed by atoms with Crippen molar-refractivity contribution in [3.63, 3.8) is 0 Å². The Bertz CT molecular complexity index is 309. The maximum Gasteiger partial charge on any atom is 0.422 e. The van der Waals surface area contributed by atoms with Crippen LogP contribution in [0.25, 0.3) is 0 Å². The van der Waals surface area contributed by atoms with Crippen molar-refractivity contribution in [2.24, 2.45) is 0 Å². The Morgan fingerprint density at radius 2 is 2.12 bits per heavy atom. The van der Waals surface area contributed by atoms with Gasteiger partial charge >= 0.3 is 6.09 Å². The van der Waals surface area contributed by atoms with Crippen molar-refractivity contribution in [1.29, 1.82) is 0 Å².